The van der Waals surface area contributed by atoms with Gasteiger partial charge in [0, 0.05) is 42.8 Å². The Morgan fingerprint density at radius 3 is 2.64 bits per heavy atom. The lowest BCUT2D eigenvalue weighted by molar-refractivity contribution is 0.648. The predicted molar refractivity (Wildman–Crippen MR) is 118 cm³/mol. The van der Waals surface area contributed by atoms with Crippen LogP contribution in [0, 0.1) is 0 Å². The molecule has 2 heterocycles. The number of hydrogen-bond donors (Lipinski definition) is 2. The average Bonchev–Trinajstić information content (AvgIpc) is 3.42. The van der Waals surface area contributed by atoms with Gasteiger partial charge in [-0.15, -0.1) is 11.3 Å². The van der Waals surface area contributed by atoms with Crippen LogP contribution in [0.5, 0.6) is 0 Å². The summed E-state index contributed by atoms with van der Waals surface area (Å²) >= 11 is 1.67. The fourth-order valence-corrected chi connectivity index (χ4v) is 4.18. The Hall–Kier alpha value is -2.86. The molecule has 5 nitrogen and oxygen atoms in total. The molecule has 0 bridgehead atoms. The highest BCUT2D eigenvalue weighted by molar-refractivity contribution is 7.09. The van der Waals surface area contributed by atoms with E-state index in [1.807, 2.05) is 25.2 Å². The van der Waals surface area contributed by atoms with E-state index < -0.39 is 0 Å². The standard InChI is InChI=1S/C22H25N5S/c1-23-22(25-18-12-13-27(15-18)19-10-6-3-7-11-19)24-14-21-26-20(16-28-21)17-8-4-2-5-9-17/h2-11,16,18H,12-15H2,1H3,(H2,23,24,25). The quantitative estimate of drug-likeness (QED) is 0.514. The zero-order chi connectivity index (χ0) is 19.2. The fraction of sp³-hybridized carbons (Fsp3) is 0.273. The van der Waals surface area contributed by atoms with Crippen molar-refractivity contribution in [2.45, 2.75) is 19.0 Å². The molecule has 0 spiro atoms. The van der Waals surface area contributed by atoms with E-state index in [4.69, 9.17) is 4.98 Å². The van der Waals surface area contributed by atoms with Crippen LogP contribution in [0.1, 0.15) is 11.4 Å². The van der Waals surface area contributed by atoms with Gasteiger partial charge >= 0.3 is 0 Å². The molecular formula is C22H25N5S. The first-order valence-electron chi connectivity index (χ1n) is 9.59. The van der Waals surface area contributed by atoms with Crippen molar-refractivity contribution < 1.29 is 0 Å². The minimum atomic E-state index is 0.391. The van der Waals surface area contributed by atoms with Crippen LogP contribution in [-0.4, -0.2) is 37.1 Å². The molecule has 0 aliphatic carbocycles. The molecule has 1 saturated heterocycles. The van der Waals surface area contributed by atoms with E-state index >= 15 is 0 Å². The summed E-state index contributed by atoms with van der Waals surface area (Å²) in [5.74, 6) is 0.830. The molecule has 0 amide bonds. The van der Waals surface area contributed by atoms with Gasteiger partial charge in [0.15, 0.2) is 5.96 Å². The molecule has 0 saturated carbocycles. The number of rotatable bonds is 5. The number of nitrogens with one attached hydrogen (secondary N) is 2. The first kappa shape index (κ1) is 18.5. The second kappa shape index (κ2) is 8.89. The Bertz CT molecular complexity index is 907. The maximum Gasteiger partial charge on any atom is 0.191 e. The molecule has 144 valence electrons. The lowest BCUT2D eigenvalue weighted by Gasteiger charge is -2.20. The van der Waals surface area contributed by atoms with Crippen LogP contribution >= 0.6 is 11.3 Å². The van der Waals surface area contributed by atoms with Gasteiger partial charge in [-0.1, -0.05) is 48.5 Å². The lowest BCUT2D eigenvalue weighted by Crippen LogP contribution is -2.44. The van der Waals surface area contributed by atoms with Gasteiger partial charge in [0.25, 0.3) is 0 Å². The number of hydrogen-bond acceptors (Lipinski definition) is 4. The molecule has 1 aliphatic heterocycles. The summed E-state index contributed by atoms with van der Waals surface area (Å²) in [5.41, 5.74) is 3.46. The molecule has 1 unspecified atom stereocenters. The summed E-state index contributed by atoms with van der Waals surface area (Å²) < 4.78 is 0. The highest BCUT2D eigenvalue weighted by Gasteiger charge is 2.23. The van der Waals surface area contributed by atoms with Gasteiger partial charge in [0.2, 0.25) is 0 Å². The van der Waals surface area contributed by atoms with Crippen molar-refractivity contribution in [1.82, 2.24) is 15.6 Å². The monoisotopic (exact) mass is 391 g/mol. The van der Waals surface area contributed by atoms with Crippen LogP contribution in [-0.2, 0) is 6.54 Å². The Kier molecular flexibility index (Phi) is 5.87. The molecule has 28 heavy (non-hydrogen) atoms. The number of aromatic nitrogens is 1. The minimum absolute atomic E-state index is 0.391. The SMILES string of the molecule is CN=C(NCc1nc(-c2ccccc2)cs1)NC1CCN(c2ccccc2)C1. The van der Waals surface area contributed by atoms with E-state index in [1.54, 1.807) is 11.3 Å². The van der Waals surface area contributed by atoms with Gasteiger partial charge in [0.1, 0.15) is 5.01 Å². The summed E-state index contributed by atoms with van der Waals surface area (Å²) in [7, 11) is 1.82. The van der Waals surface area contributed by atoms with Crippen LogP contribution < -0.4 is 15.5 Å². The van der Waals surface area contributed by atoms with Gasteiger partial charge in [-0.3, -0.25) is 4.99 Å². The maximum atomic E-state index is 4.74. The fourth-order valence-electron chi connectivity index (χ4n) is 3.43. The number of nitrogens with zero attached hydrogens (tertiary/aromatic N) is 3. The average molecular weight is 392 g/mol. The third kappa shape index (κ3) is 4.51. The van der Waals surface area contributed by atoms with Crippen molar-refractivity contribution in [1.29, 1.82) is 0 Å². The Labute approximate surface area is 170 Å². The number of thiazole rings is 1. The molecule has 2 N–H and O–H groups in total. The van der Waals surface area contributed by atoms with Crippen molar-refractivity contribution in [3.63, 3.8) is 0 Å². The van der Waals surface area contributed by atoms with Gasteiger partial charge in [0.05, 0.1) is 12.2 Å². The zero-order valence-corrected chi connectivity index (χ0v) is 16.8. The summed E-state index contributed by atoms with van der Waals surface area (Å²) in [6, 6.07) is 21.3. The first-order chi connectivity index (χ1) is 13.8. The van der Waals surface area contributed by atoms with Crippen LogP contribution in [0.3, 0.4) is 0 Å². The maximum absolute atomic E-state index is 4.74. The molecule has 1 aromatic heterocycles. The third-order valence-electron chi connectivity index (χ3n) is 4.90. The largest absolute Gasteiger partial charge is 0.369 e. The van der Waals surface area contributed by atoms with E-state index in [0.717, 1.165) is 41.7 Å². The van der Waals surface area contributed by atoms with E-state index in [1.165, 1.54) is 5.69 Å². The first-order valence-corrected chi connectivity index (χ1v) is 10.5. The van der Waals surface area contributed by atoms with Gasteiger partial charge in [-0.2, -0.15) is 0 Å². The molecular weight excluding hydrogens is 366 g/mol. The molecule has 1 atom stereocenters. The Morgan fingerprint density at radius 2 is 1.89 bits per heavy atom. The van der Waals surface area contributed by atoms with E-state index in [0.29, 0.717) is 12.6 Å². The highest BCUT2D eigenvalue weighted by atomic mass is 32.1. The van der Waals surface area contributed by atoms with Crippen LogP contribution in [0.25, 0.3) is 11.3 Å². The third-order valence-corrected chi connectivity index (χ3v) is 5.75. The summed E-state index contributed by atoms with van der Waals surface area (Å²) in [6.07, 6.45) is 1.10. The molecule has 0 radical (unpaired) electrons. The zero-order valence-electron chi connectivity index (χ0n) is 16.0. The summed E-state index contributed by atoms with van der Waals surface area (Å²) in [5, 5.41) is 10.1. The van der Waals surface area contributed by atoms with Gasteiger partial charge < -0.3 is 15.5 Å². The number of para-hydroxylation sites is 1. The molecule has 4 rings (SSSR count). The van der Waals surface area contributed by atoms with E-state index in [-0.39, 0.29) is 0 Å². The van der Waals surface area contributed by atoms with Crippen molar-refractivity contribution in [3.8, 4) is 11.3 Å². The van der Waals surface area contributed by atoms with Gasteiger partial charge in [-0.05, 0) is 18.6 Å². The molecule has 6 heteroatoms. The minimum Gasteiger partial charge on any atom is -0.369 e. The highest BCUT2D eigenvalue weighted by Crippen LogP contribution is 2.22. The Morgan fingerprint density at radius 1 is 1.14 bits per heavy atom. The smallest absolute Gasteiger partial charge is 0.191 e. The number of aliphatic imine (C=N–C) groups is 1. The summed E-state index contributed by atoms with van der Waals surface area (Å²) in [6.45, 7) is 2.72. The number of guanidine groups is 1. The normalized spacial score (nSPS) is 17.0. The number of benzene rings is 2. The molecule has 3 aromatic rings. The summed E-state index contributed by atoms with van der Waals surface area (Å²) in [4.78, 5) is 11.5. The van der Waals surface area contributed by atoms with E-state index in [9.17, 15) is 0 Å². The van der Waals surface area contributed by atoms with Crippen LogP contribution in [0.15, 0.2) is 71.0 Å². The van der Waals surface area contributed by atoms with Crippen molar-refractivity contribution in [2.24, 2.45) is 4.99 Å². The van der Waals surface area contributed by atoms with Crippen molar-refractivity contribution >= 4 is 23.0 Å². The van der Waals surface area contributed by atoms with Crippen molar-refractivity contribution in [3.05, 3.63) is 71.1 Å². The molecule has 1 fully saturated rings. The second-order valence-corrected chi connectivity index (χ2v) is 7.77. The van der Waals surface area contributed by atoms with Crippen LogP contribution in [0.2, 0.25) is 0 Å². The van der Waals surface area contributed by atoms with E-state index in [2.05, 4.69) is 68.4 Å². The Balaban J connectivity index is 1.29. The van der Waals surface area contributed by atoms with Crippen LogP contribution in [0.4, 0.5) is 5.69 Å². The number of anilines is 1. The topological polar surface area (TPSA) is 52.6 Å². The molecule has 2 aromatic carbocycles. The van der Waals surface area contributed by atoms with Gasteiger partial charge in [-0.25, -0.2) is 4.98 Å². The van der Waals surface area contributed by atoms with Crippen molar-refractivity contribution in [2.75, 3.05) is 25.0 Å². The second-order valence-electron chi connectivity index (χ2n) is 6.83. The molecule has 1 aliphatic rings. The lowest BCUT2D eigenvalue weighted by atomic mass is 10.2. The predicted octanol–water partition coefficient (Wildman–Crippen LogP) is 3.75.